The van der Waals surface area contributed by atoms with Crippen molar-refractivity contribution in [3.63, 3.8) is 0 Å². The molecule has 1 amide bonds. The first-order valence-electron chi connectivity index (χ1n) is 10.9. The zero-order valence-electron chi connectivity index (χ0n) is 17.2. The number of hydrogen-bond donors (Lipinski definition) is 1. The molecule has 156 valence electrons. The Kier molecular flexibility index (Phi) is 4.49. The Morgan fingerprint density at radius 3 is 2.52 bits per heavy atom. The van der Waals surface area contributed by atoms with Gasteiger partial charge in [0, 0.05) is 27.4 Å². The van der Waals surface area contributed by atoms with Crippen LogP contribution in [0.5, 0.6) is 0 Å². The van der Waals surface area contributed by atoms with E-state index in [4.69, 9.17) is 4.42 Å². The number of nitrogens with one attached hydrogen (secondary N) is 1. The summed E-state index contributed by atoms with van der Waals surface area (Å²) < 4.78 is 7.24. The van der Waals surface area contributed by atoms with Crippen molar-refractivity contribution in [2.75, 3.05) is 23.3 Å². The Morgan fingerprint density at radius 2 is 1.71 bits per heavy atom. The number of nitrogens with zero attached hydrogens (tertiary/aromatic N) is 1. The summed E-state index contributed by atoms with van der Waals surface area (Å²) >= 11 is 2.33. The molecule has 1 spiro atoms. The van der Waals surface area contributed by atoms with Crippen molar-refractivity contribution >= 4 is 61.8 Å². The topological polar surface area (TPSA) is 45.5 Å². The third-order valence-corrected chi connectivity index (χ3v) is 7.65. The maximum atomic E-state index is 13.4. The minimum Gasteiger partial charge on any atom is -0.454 e. The quantitative estimate of drug-likeness (QED) is 0.300. The summed E-state index contributed by atoms with van der Waals surface area (Å²) in [6.45, 7) is 2.05. The molecule has 1 aliphatic heterocycles. The normalized spacial score (nSPS) is 17.4. The molecule has 1 aliphatic carbocycles. The monoisotopic (exact) mass is 522 g/mol. The summed E-state index contributed by atoms with van der Waals surface area (Å²) in [6.07, 6.45) is 5.22. The van der Waals surface area contributed by atoms with E-state index in [1.54, 1.807) is 0 Å². The smallest absolute Gasteiger partial charge is 0.257 e. The van der Waals surface area contributed by atoms with E-state index in [0.717, 1.165) is 49.8 Å². The van der Waals surface area contributed by atoms with Gasteiger partial charge in [-0.15, -0.1) is 0 Å². The Morgan fingerprint density at radius 1 is 0.935 bits per heavy atom. The lowest BCUT2D eigenvalue weighted by molar-refractivity contribution is 0.102. The Hall–Kier alpha value is -2.54. The third-order valence-electron chi connectivity index (χ3n) is 6.98. The van der Waals surface area contributed by atoms with Crippen molar-refractivity contribution in [3.8, 4) is 0 Å². The van der Waals surface area contributed by atoms with Crippen LogP contribution >= 0.6 is 22.6 Å². The molecule has 2 aliphatic rings. The molecule has 1 aromatic heterocycles. The zero-order chi connectivity index (χ0) is 21.0. The number of rotatable bonds is 3. The molecule has 3 aromatic carbocycles. The first-order valence-corrected chi connectivity index (χ1v) is 12.0. The van der Waals surface area contributed by atoms with Gasteiger partial charge in [-0.2, -0.15) is 0 Å². The third kappa shape index (κ3) is 3.39. The molecule has 2 heterocycles. The molecule has 2 fully saturated rings. The number of halogens is 1. The molecule has 0 atom stereocenters. The van der Waals surface area contributed by atoms with Crippen molar-refractivity contribution in [1.29, 1.82) is 0 Å². The number of fused-ring (bicyclic) bond motifs is 3. The molecule has 5 heteroatoms. The van der Waals surface area contributed by atoms with Gasteiger partial charge >= 0.3 is 0 Å². The molecule has 6 rings (SSSR count). The van der Waals surface area contributed by atoms with Gasteiger partial charge in [-0.05, 0) is 84.0 Å². The summed E-state index contributed by atoms with van der Waals surface area (Å²) in [7, 11) is 0. The first-order chi connectivity index (χ1) is 15.1. The summed E-state index contributed by atoms with van der Waals surface area (Å²) in [5.41, 5.74) is 4.63. The molecule has 1 saturated heterocycles. The van der Waals surface area contributed by atoms with Gasteiger partial charge in [0.25, 0.3) is 5.91 Å². The molecule has 0 bridgehead atoms. The number of carbonyl (C=O) groups is 1. The van der Waals surface area contributed by atoms with E-state index >= 15 is 0 Å². The van der Waals surface area contributed by atoms with Crippen LogP contribution in [-0.4, -0.2) is 19.0 Å². The molecule has 0 unspecified atom stereocenters. The van der Waals surface area contributed by atoms with E-state index in [0.29, 0.717) is 11.1 Å². The number of benzene rings is 3. The molecule has 4 nitrogen and oxygen atoms in total. The number of anilines is 2. The molecule has 31 heavy (non-hydrogen) atoms. The number of furan rings is 1. The highest BCUT2D eigenvalue weighted by Gasteiger charge is 2.44. The van der Waals surface area contributed by atoms with Crippen LogP contribution in [0.15, 0.2) is 65.1 Å². The van der Waals surface area contributed by atoms with Gasteiger partial charge in [0.1, 0.15) is 5.58 Å². The highest BCUT2D eigenvalue weighted by Crippen LogP contribution is 2.54. The predicted molar refractivity (Wildman–Crippen MR) is 134 cm³/mol. The van der Waals surface area contributed by atoms with Crippen LogP contribution < -0.4 is 10.2 Å². The van der Waals surface area contributed by atoms with Crippen LogP contribution in [-0.2, 0) is 0 Å². The van der Waals surface area contributed by atoms with Crippen LogP contribution in [0.3, 0.4) is 0 Å². The number of para-hydroxylation sites is 2. The number of piperidine rings is 1. The number of amides is 1. The SMILES string of the molecule is O=C(Nc1cccc2c1oc1ccccc12)c1ccc(I)cc1N1CCC2(CC1)CC2. The van der Waals surface area contributed by atoms with Gasteiger partial charge in [-0.3, -0.25) is 4.79 Å². The van der Waals surface area contributed by atoms with Gasteiger partial charge in [-0.25, -0.2) is 0 Å². The van der Waals surface area contributed by atoms with Crippen LogP contribution in [0.1, 0.15) is 36.0 Å². The molecule has 1 saturated carbocycles. The van der Waals surface area contributed by atoms with Crippen molar-refractivity contribution in [2.45, 2.75) is 25.7 Å². The second-order valence-electron chi connectivity index (χ2n) is 8.88. The molecular formula is C26H23IN2O2. The predicted octanol–water partition coefficient (Wildman–Crippen LogP) is 6.82. The van der Waals surface area contributed by atoms with Gasteiger partial charge in [0.15, 0.2) is 5.58 Å². The lowest BCUT2D eigenvalue weighted by Crippen LogP contribution is -2.35. The number of hydrogen-bond acceptors (Lipinski definition) is 3. The standard InChI is InChI=1S/C26H23IN2O2/c27-17-8-9-20(22(16-17)29-14-12-26(10-11-26)13-15-29)25(30)28-21-6-3-5-19-18-4-1-2-7-23(18)31-24(19)21/h1-9,16H,10-15H2,(H,28,30). The molecule has 4 aromatic rings. The first kappa shape index (κ1) is 19.2. The van der Waals surface area contributed by atoms with Gasteiger partial charge in [0.05, 0.1) is 16.9 Å². The highest BCUT2D eigenvalue weighted by molar-refractivity contribution is 14.1. The summed E-state index contributed by atoms with van der Waals surface area (Å²) in [5, 5.41) is 5.20. The summed E-state index contributed by atoms with van der Waals surface area (Å²) in [4.78, 5) is 15.8. The largest absolute Gasteiger partial charge is 0.454 e. The molecule has 0 radical (unpaired) electrons. The zero-order valence-corrected chi connectivity index (χ0v) is 19.3. The van der Waals surface area contributed by atoms with Gasteiger partial charge < -0.3 is 14.6 Å². The second kappa shape index (κ2) is 7.26. The Bertz CT molecular complexity index is 1310. The fourth-order valence-electron chi connectivity index (χ4n) is 4.89. The highest BCUT2D eigenvalue weighted by atomic mass is 127. The van der Waals surface area contributed by atoms with Crippen LogP contribution in [0.4, 0.5) is 11.4 Å². The van der Waals surface area contributed by atoms with Crippen LogP contribution in [0.25, 0.3) is 21.9 Å². The fourth-order valence-corrected chi connectivity index (χ4v) is 5.37. The minimum absolute atomic E-state index is 0.0916. The Labute approximate surface area is 194 Å². The van der Waals surface area contributed by atoms with Crippen LogP contribution in [0, 0.1) is 8.99 Å². The van der Waals surface area contributed by atoms with E-state index in [1.165, 1.54) is 25.7 Å². The maximum absolute atomic E-state index is 13.4. The van der Waals surface area contributed by atoms with Gasteiger partial charge in [-0.1, -0.05) is 30.3 Å². The van der Waals surface area contributed by atoms with E-state index in [-0.39, 0.29) is 5.91 Å². The van der Waals surface area contributed by atoms with Gasteiger partial charge in [0.2, 0.25) is 0 Å². The second-order valence-corrected chi connectivity index (χ2v) is 10.1. The molecule has 1 N–H and O–H groups in total. The molecular weight excluding hydrogens is 499 g/mol. The lowest BCUT2D eigenvalue weighted by atomic mass is 9.93. The van der Waals surface area contributed by atoms with Crippen molar-refractivity contribution < 1.29 is 9.21 Å². The minimum atomic E-state index is -0.0916. The van der Waals surface area contributed by atoms with Crippen LogP contribution in [0.2, 0.25) is 0 Å². The van der Waals surface area contributed by atoms with E-state index < -0.39 is 0 Å². The van der Waals surface area contributed by atoms with E-state index in [9.17, 15) is 4.79 Å². The average Bonchev–Trinajstić information content (AvgIpc) is 3.42. The number of carbonyl (C=O) groups excluding carboxylic acids is 1. The van der Waals surface area contributed by atoms with Crippen molar-refractivity contribution in [2.24, 2.45) is 5.41 Å². The lowest BCUT2D eigenvalue weighted by Gasteiger charge is -2.35. The Balaban J connectivity index is 1.34. The average molecular weight is 522 g/mol. The summed E-state index contributed by atoms with van der Waals surface area (Å²) in [5.74, 6) is -0.0916. The maximum Gasteiger partial charge on any atom is 0.257 e. The van der Waals surface area contributed by atoms with Crippen molar-refractivity contribution in [1.82, 2.24) is 0 Å². The fraction of sp³-hybridized carbons (Fsp3) is 0.269. The van der Waals surface area contributed by atoms with E-state index in [2.05, 4.69) is 38.9 Å². The summed E-state index contributed by atoms with van der Waals surface area (Å²) in [6, 6.07) is 20.0. The van der Waals surface area contributed by atoms with E-state index in [1.807, 2.05) is 54.6 Å². The van der Waals surface area contributed by atoms with Crippen molar-refractivity contribution in [3.05, 3.63) is 69.8 Å².